The van der Waals surface area contributed by atoms with Crippen molar-refractivity contribution >= 4 is 56.1 Å². The summed E-state index contributed by atoms with van der Waals surface area (Å²) in [5.74, 6) is 5.15. The maximum absolute atomic E-state index is 5.80. The van der Waals surface area contributed by atoms with Crippen molar-refractivity contribution in [2.24, 2.45) is 0 Å². The van der Waals surface area contributed by atoms with Gasteiger partial charge in [0.2, 0.25) is 0 Å². The van der Waals surface area contributed by atoms with Crippen LogP contribution in [0.1, 0.15) is 22.8 Å². The zero-order chi connectivity index (χ0) is 44.5. The highest BCUT2D eigenvalue weighted by Gasteiger charge is 2.22. The lowest BCUT2D eigenvalue weighted by molar-refractivity contribution is 0.394. The molecule has 0 unspecified atom stereocenters. The fourth-order valence-electron chi connectivity index (χ4n) is 8.10. The Labute approximate surface area is 374 Å². The molecule has 4 aromatic carbocycles. The molecule has 64 heavy (non-hydrogen) atoms. The molecule has 0 amide bonds. The average Bonchev–Trinajstić information content (AvgIpc) is 4.19. The number of nitrogens with zero attached hydrogens (tertiary/aromatic N) is 2. The minimum Gasteiger partial charge on any atom is -0.497 e. The van der Waals surface area contributed by atoms with E-state index in [0.717, 1.165) is 87.7 Å². The summed E-state index contributed by atoms with van der Waals surface area (Å²) in [7, 11) is 13.2. The minimum absolute atomic E-state index is 0.638. The second kappa shape index (κ2) is 17.6. The van der Waals surface area contributed by atoms with Gasteiger partial charge < -0.3 is 42.9 Å². The number of aromatic nitrogens is 3. The van der Waals surface area contributed by atoms with Crippen molar-refractivity contribution in [3.63, 3.8) is 0 Å². The largest absolute Gasteiger partial charge is 0.497 e. The Hall–Kier alpha value is -7.70. The molecule has 5 heterocycles. The van der Waals surface area contributed by atoms with E-state index in [1.165, 1.54) is 0 Å². The van der Waals surface area contributed by atoms with Gasteiger partial charge in [-0.3, -0.25) is 0 Å². The van der Waals surface area contributed by atoms with Gasteiger partial charge in [0, 0.05) is 67.0 Å². The smallest absolute Gasteiger partial charge is 0.123 e. The third-order valence-corrected chi connectivity index (χ3v) is 12.3. The van der Waals surface area contributed by atoms with Gasteiger partial charge >= 0.3 is 0 Å². The van der Waals surface area contributed by atoms with Crippen LogP contribution >= 0.6 is 11.3 Å². The number of rotatable bonds is 12. The highest BCUT2D eigenvalue weighted by molar-refractivity contribution is 7.24. The second-order valence-electron chi connectivity index (χ2n) is 14.8. The maximum atomic E-state index is 5.80. The average molecular weight is 872 g/mol. The molecule has 11 nitrogen and oxygen atoms in total. The molecule has 1 N–H and O–H groups in total. The first-order chi connectivity index (χ1) is 31.3. The first kappa shape index (κ1) is 41.6. The van der Waals surface area contributed by atoms with Crippen LogP contribution in [0.15, 0.2) is 97.1 Å². The molecule has 3 aromatic heterocycles. The van der Waals surface area contributed by atoms with Crippen LogP contribution in [0.4, 0.5) is 0 Å². The van der Waals surface area contributed by atoms with E-state index in [1.807, 2.05) is 84.9 Å². The Morgan fingerprint density at radius 3 is 0.844 bits per heavy atom. The molecule has 2 aliphatic rings. The molecule has 0 fully saturated rings. The summed E-state index contributed by atoms with van der Waals surface area (Å²) in [6.07, 6.45) is 8.20. The third kappa shape index (κ3) is 7.84. The number of H-pyrrole nitrogens is 1. The molecule has 322 valence electrons. The van der Waals surface area contributed by atoms with Crippen molar-refractivity contribution in [1.82, 2.24) is 15.0 Å². The van der Waals surface area contributed by atoms with Gasteiger partial charge in [-0.25, -0.2) is 9.97 Å². The van der Waals surface area contributed by atoms with E-state index < -0.39 is 0 Å². The van der Waals surface area contributed by atoms with Crippen LogP contribution < -0.4 is 37.9 Å². The number of benzene rings is 4. The molecule has 0 saturated carbocycles. The monoisotopic (exact) mass is 871 g/mol. The number of thiophene rings is 1. The van der Waals surface area contributed by atoms with Crippen LogP contribution in [0.25, 0.3) is 89.2 Å². The van der Waals surface area contributed by atoms with E-state index in [4.69, 9.17) is 47.9 Å². The van der Waals surface area contributed by atoms with Gasteiger partial charge in [0.25, 0.3) is 0 Å². The van der Waals surface area contributed by atoms with Crippen LogP contribution in [-0.2, 0) is 0 Å². The van der Waals surface area contributed by atoms with Gasteiger partial charge in [0.1, 0.15) is 46.0 Å². The van der Waals surface area contributed by atoms with E-state index >= 15 is 0 Å². The summed E-state index contributed by atoms with van der Waals surface area (Å²) >= 11 is 1.63. The molecule has 2 aliphatic heterocycles. The number of hydrogen-bond acceptors (Lipinski definition) is 11. The zero-order valence-electron chi connectivity index (χ0n) is 36.6. The van der Waals surface area contributed by atoms with Crippen molar-refractivity contribution in [3.05, 3.63) is 120 Å². The topological polar surface area (TPSA) is 115 Å². The highest BCUT2D eigenvalue weighted by Crippen LogP contribution is 2.44. The Balaban J connectivity index is 1.50. The van der Waals surface area contributed by atoms with E-state index in [0.29, 0.717) is 46.0 Å². The summed E-state index contributed by atoms with van der Waals surface area (Å²) in [5.41, 5.74) is 11.4. The summed E-state index contributed by atoms with van der Waals surface area (Å²) in [6.45, 7) is 0. The second-order valence-corrected chi connectivity index (χ2v) is 15.9. The molecular formula is C52H45N3O8S. The van der Waals surface area contributed by atoms with Crippen LogP contribution in [-0.4, -0.2) is 71.8 Å². The summed E-state index contributed by atoms with van der Waals surface area (Å²) in [6, 6.07) is 31.8. The molecule has 12 heteroatoms. The molecule has 0 atom stereocenters. The summed E-state index contributed by atoms with van der Waals surface area (Å²) in [4.78, 5) is 14.7. The lowest BCUT2D eigenvalue weighted by atomic mass is 10.0. The van der Waals surface area contributed by atoms with Crippen LogP contribution in [0.3, 0.4) is 0 Å². The fraction of sp³-hybridized carbons (Fsp3) is 0.154. The Kier molecular flexibility index (Phi) is 11.4. The van der Waals surface area contributed by atoms with Crippen molar-refractivity contribution in [3.8, 4) is 90.5 Å². The number of methoxy groups -OCH3 is 8. The molecule has 8 bridgehead atoms. The van der Waals surface area contributed by atoms with Gasteiger partial charge in [0.05, 0.1) is 79.7 Å². The van der Waals surface area contributed by atoms with Gasteiger partial charge in [0.15, 0.2) is 0 Å². The predicted octanol–water partition coefficient (Wildman–Crippen LogP) is 12.1. The zero-order valence-corrected chi connectivity index (χ0v) is 37.4. The fourth-order valence-corrected chi connectivity index (χ4v) is 9.26. The number of fused-ring (bicyclic) bond motifs is 8. The Morgan fingerprint density at radius 1 is 0.328 bits per heavy atom. The van der Waals surface area contributed by atoms with Crippen LogP contribution in [0.2, 0.25) is 0 Å². The lowest BCUT2D eigenvalue weighted by Crippen LogP contribution is -1.93. The summed E-state index contributed by atoms with van der Waals surface area (Å²) < 4.78 is 48.3. The third-order valence-electron chi connectivity index (χ3n) is 11.2. The summed E-state index contributed by atoms with van der Waals surface area (Å²) in [5, 5.41) is 0. The first-order valence-electron chi connectivity index (χ1n) is 20.3. The van der Waals surface area contributed by atoms with Gasteiger partial charge in [-0.15, -0.1) is 11.3 Å². The number of ether oxygens (including phenoxy) is 8. The molecule has 0 aliphatic carbocycles. The van der Waals surface area contributed by atoms with Crippen molar-refractivity contribution in [2.45, 2.75) is 0 Å². The highest BCUT2D eigenvalue weighted by atomic mass is 32.1. The maximum Gasteiger partial charge on any atom is 0.123 e. The number of hydrogen-bond donors (Lipinski definition) is 1. The van der Waals surface area contributed by atoms with Crippen LogP contribution in [0, 0.1) is 0 Å². The van der Waals surface area contributed by atoms with Crippen molar-refractivity contribution in [1.29, 1.82) is 0 Å². The molecule has 0 spiro atoms. The SMILES string of the molecule is COc1cc(OC)cc(-c2c3nc(c(-c4cc(OC)cc(OC)c4)c4ccc(s4)c(-c4cc(OC)cc(OC)c4)c4nc(c(-c5cc(OC)cc(OC)c5)c5ccc2[nH]5)C=C4)C=C3)c1. The molecular weight excluding hydrogens is 827 g/mol. The quantitative estimate of drug-likeness (QED) is 0.127. The number of nitrogens with one attached hydrogen (secondary N) is 1. The molecule has 0 saturated heterocycles. The molecule has 0 radical (unpaired) electrons. The number of aromatic amines is 1. The van der Waals surface area contributed by atoms with E-state index in [-0.39, 0.29) is 0 Å². The van der Waals surface area contributed by atoms with E-state index in [1.54, 1.807) is 68.2 Å². The first-order valence-corrected chi connectivity index (χ1v) is 21.1. The molecule has 9 rings (SSSR count). The Morgan fingerprint density at radius 2 is 0.578 bits per heavy atom. The van der Waals surface area contributed by atoms with Crippen molar-refractivity contribution in [2.75, 3.05) is 56.9 Å². The lowest BCUT2D eigenvalue weighted by Gasteiger charge is -2.11. The van der Waals surface area contributed by atoms with E-state index in [2.05, 4.69) is 41.4 Å². The predicted molar refractivity (Wildman–Crippen MR) is 257 cm³/mol. The molecule has 7 aromatic rings. The minimum atomic E-state index is 0.638. The van der Waals surface area contributed by atoms with Crippen molar-refractivity contribution < 1.29 is 37.9 Å². The standard InChI is InChI=1S/C52H45N3O8S/c1-56-33-17-29(18-34(25-33)57-2)49-41-9-10-42(53-41)50(30-19-35(58-3)26-36(20-30)59-4)44-12-14-46(55-44)52(32-23-39(62-7)28-40(24-32)63-8)48-16-15-47(64-48)51(45-13-11-43(49)54-45)31-21-37(60-5)27-38(22-31)61-6/h9-28,53H,1-8H3. The van der Waals surface area contributed by atoms with Gasteiger partial charge in [-0.2, -0.15) is 0 Å². The Bertz CT molecular complexity index is 2680. The van der Waals surface area contributed by atoms with Crippen LogP contribution in [0.5, 0.6) is 46.0 Å². The normalized spacial score (nSPS) is 11.6. The van der Waals surface area contributed by atoms with Gasteiger partial charge in [-0.1, -0.05) is 0 Å². The van der Waals surface area contributed by atoms with Gasteiger partial charge in [-0.05, 0) is 119 Å². The van der Waals surface area contributed by atoms with E-state index in [9.17, 15) is 0 Å².